The SMILES string of the molecule is COc1cccc2c1OC1(c3ccccc3)C(c3ccccc3)=C(c3ccccc3)C(=O)C1(c1ccccc1)O2. The van der Waals surface area contributed by atoms with Gasteiger partial charge in [-0.25, -0.2) is 0 Å². The third-order valence-electron chi connectivity index (χ3n) is 7.81. The van der Waals surface area contributed by atoms with E-state index >= 15 is 4.79 Å². The zero-order valence-electron chi connectivity index (χ0n) is 21.9. The Labute approximate surface area is 233 Å². The standard InChI is InChI=1S/C36H26O4/c1-38-29-23-14-24-30-33(29)40-35(27-19-10-4-11-20-27)32(26-17-8-3-9-18-26)31(25-15-6-2-7-16-25)34(37)36(35,39-30)28-21-12-5-13-22-28/h2-24H,1H3. The molecule has 7 rings (SSSR count). The highest BCUT2D eigenvalue weighted by atomic mass is 16.6. The quantitative estimate of drug-likeness (QED) is 0.240. The zero-order chi connectivity index (χ0) is 27.2. The normalized spacial score (nSPS) is 21.2. The predicted molar refractivity (Wildman–Crippen MR) is 155 cm³/mol. The lowest BCUT2D eigenvalue weighted by Crippen LogP contribution is -2.60. The van der Waals surface area contributed by atoms with E-state index in [9.17, 15) is 0 Å². The summed E-state index contributed by atoms with van der Waals surface area (Å²) in [7, 11) is 1.61. The number of rotatable bonds is 5. The van der Waals surface area contributed by atoms with Gasteiger partial charge < -0.3 is 14.2 Å². The van der Waals surface area contributed by atoms with E-state index in [0.717, 1.165) is 22.3 Å². The Bertz CT molecular complexity index is 1730. The molecule has 1 heterocycles. The molecule has 4 heteroatoms. The molecule has 0 aromatic heterocycles. The summed E-state index contributed by atoms with van der Waals surface area (Å²) in [5.41, 5.74) is 1.53. The fourth-order valence-electron chi connectivity index (χ4n) is 6.18. The lowest BCUT2D eigenvalue weighted by atomic mass is 9.69. The molecule has 2 aliphatic rings. The summed E-state index contributed by atoms with van der Waals surface area (Å²) in [6.07, 6.45) is 0. The van der Waals surface area contributed by atoms with Gasteiger partial charge in [0, 0.05) is 22.3 Å². The fourth-order valence-corrected chi connectivity index (χ4v) is 6.18. The molecular weight excluding hydrogens is 496 g/mol. The molecule has 2 atom stereocenters. The summed E-state index contributed by atoms with van der Waals surface area (Å²) in [5, 5.41) is 0. The summed E-state index contributed by atoms with van der Waals surface area (Å²) < 4.78 is 20.1. The summed E-state index contributed by atoms with van der Waals surface area (Å²) in [6.45, 7) is 0. The van der Waals surface area contributed by atoms with E-state index in [2.05, 4.69) is 0 Å². The molecular formula is C36H26O4. The molecule has 5 aromatic carbocycles. The number of ketones is 1. The van der Waals surface area contributed by atoms with Crippen molar-refractivity contribution >= 4 is 16.9 Å². The minimum absolute atomic E-state index is 0.166. The molecule has 194 valence electrons. The molecule has 0 amide bonds. The Morgan fingerprint density at radius 3 is 1.65 bits per heavy atom. The molecule has 1 aliphatic heterocycles. The van der Waals surface area contributed by atoms with E-state index in [0.29, 0.717) is 28.4 Å². The van der Waals surface area contributed by atoms with Gasteiger partial charge in [-0.15, -0.1) is 0 Å². The maximum atomic E-state index is 15.3. The topological polar surface area (TPSA) is 44.8 Å². The van der Waals surface area contributed by atoms with Crippen molar-refractivity contribution in [2.24, 2.45) is 0 Å². The van der Waals surface area contributed by atoms with Crippen LogP contribution in [-0.4, -0.2) is 12.9 Å². The third kappa shape index (κ3) is 3.23. The van der Waals surface area contributed by atoms with E-state index in [1.165, 1.54) is 0 Å². The number of hydrogen-bond acceptors (Lipinski definition) is 4. The predicted octanol–water partition coefficient (Wildman–Crippen LogP) is 7.45. The lowest BCUT2D eigenvalue weighted by Gasteiger charge is -2.50. The van der Waals surface area contributed by atoms with Gasteiger partial charge in [0.2, 0.25) is 22.7 Å². The highest BCUT2D eigenvalue weighted by molar-refractivity contribution is 6.37. The molecule has 0 saturated heterocycles. The van der Waals surface area contributed by atoms with Gasteiger partial charge in [-0.05, 0) is 23.3 Å². The van der Waals surface area contributed by atoms with Gasteiger partial charge in [0.1, 0.15) is 0 Å². The first-order chi connectivity index (χ1) is 19.7. The van der Waals surface area contributed by atoms with E-state index in [1.807, 2.05) is 140 Å². The van der Waals surface area contributed by atoms with Crippen LogP contribution < -0.4 is 14.2 Å². The first-order valence-corrected chi connectivity index (χ1v) is 13.3. The van der Waals surface area contributed by atoms with Gasteiger partial charge in [0.25, 0.3) is 0 Å². The molecule has 0 spiro atoms. The number of methoxy groups -OCH3 is 1. The van der Waals surface area contributed by atoms with Crippen LogP contribution >= 0.6 is 0 Å². The van der Waals surface area contributed by atoms with E-state index < -0.39 is 11.2 Å². The number of fused-ring (bicyclic) bond motifs is 2. The maximum absolute atomic E-state index is 15.3. The van der Waals surface area contributed by atoms with E-state index in [-0.39, 0.29) is 5.78 Å². The number of carbonyl (C=O) groups is 1. The van der Waals surface area contributed by atoms with Crippen molar-refractivity contribution in [3.05, 3.63) is 162 Å². The molecule has 0 N–H and O–H groups in total. The van der Waals surface area contributed by atoms with Gasteiger partial charge >= 0.3 is 0 Å². The van der Waals surface area contributed by atoms with Crippen molar-refractivity contribution < 1.29 is 19.0 Å². The Hall–Kier alpha value is -5.09. The number of carbonyl (C=O) groups excluding carboxylic acids is 1. The van der Waals surface area contributed by atoms with Gasteiger partial charge in [-0.3, -0.25) is 4.79 Å². The lowest BCUT2D eigenvalue weighted by molar-refractivity contribution is -0.152. The van der Waals surface area contributed by atoms with Crippen LogP contribution in [-0.2, 0) is 16.0 Å². The molecule has 1 aliphatic carbocycles. The van der Waals surface area contributed by atoms with Gasteiger partial charge in [-0.1, -0.05) is 127 Å². The van der Waals surface area contributed by atoms with Gasteiger partial charge in [0.15, 0.2) is 11.5 Å². The van der Waals surface area contributed by atoms with Crippen LogP contribution in [0.5, 0.6) is 17.2 Å². The molecule has 0 saturated carbocycles. The molecule has 5 aromatic rings. The summed E-state index contributed by atoms with van der Waals surface area (Å²) in [6, 6.07) is 44.9. The Morgan fingerprint density at radius 2 is 1.07 bits per heavy atom. The van der Waals surface area contributed by atoms with Crippen LogP contribution in [0.4, 0.5) is 0 Å². The fraction of sp³-hybridized carbons (Fsp3) is 0.0833. The summed E-state index contributed by atoms with van der Waals surface area (Å²) in [5.74, 6) is 1.27. The maximum Gasteiger partial charge on any atom is 0.244 e. The molecule has 4 nitrogen and oxygen atoms in total. The molecule has 0 radical (unpaired) electrons. The van der Waals surface area contributed by atoms with Crippen LogP contribution in [0, 0.1) is 0 Å². The van der Waals surface area contributed by atoms with Crippen LogP contribution in [0.25, 0.3) is 11.1 Å². The first kappa shape index (κ1) is 24.0. The number of hydrogen-bond donors (Lipinski definition) is 0. The Kier molecular flexibility index (Phi) is 5.56. The van der Waals surface area contributed by atoms with E-state index in [4.69, 9.17) is 14.2 Å². The number of benzene rings is 5. The third-order valence-corrected chi connectivity index (χ3v) is 7.81. The average Bonchev–Trinajstić information content (AvgIpc) is 3.27. The molecule has 2 unspecified atom stereocenters. The second-order valence-electron chi connectivity index (χ2n) is 9.90. The largest absolute Gasteiger partial charge is 0.493 e. The monoisotopic (exact) mass is 522 g/mol. The molecule has 0 bridgehead atoms. The second-order valence-corrected chi connectivity index (χ2v) is 9.90. The van der Waals surface area contributed by atoms with Crippen molar-refractivity contribution in [1.82, 2.24) is 0 Å². The van der Waals surface area contributed by atoms with Crippen molar-refractivity contribution in [3.63, 3.8) is 0 Å². The summed E-state index contributed by atoms with van der Waals surface area (Å²) in [4.78, 5) is 15.3. The zero-order valence-corrected chi connectivity index (χ0v) is 21.9. The highest BCUT2D eigenvalue weighted by Gasteiger charge is 2.73. The van der Waals surface area contributed by atoms with Crippen LogP contribution in [0.15, 0.2) is 140 Å². The minimum Gasteiger partial charge on any atom is -0.493 e. The second kappa shape index (κ2) is 9.28. The molecule has 40 heavy (non-hydrogen) atoms. The minimum atomic E-state index is -1.56. The smallest absolute Gasteiger partial charge is 0.244 e. The van der Waals surface area contributed by atoms with Crippen LogP contribution in [0.2, 0.25) is 0 Å². The van der Waals surface area contributed by atoms with Crippen LogP contribution in [0.1, 0.15) is 22.3 Å². The average molecular weight is 523 g/mol. The van der Waals surface area contributed by atoms with Crippen molar-refractivity contribution in [2.45, 2.75) is 11.2 Å². The van der Waals surface area contributed by atoms with Crippen molar-refractivity contribution in [1.29, 1.82) is 0 Å². The van der Waals surface area contributed by atoms with Gasteiger partial charge in [-0.2, -0.15) is 0 Å². The Balaban J connectivity index is 1.69. The number of ether oxygens (including phenoxy) is 3. The first-order valence-electron chi connectivity index (χ1n) is 13.3. The number of Topliss-reactive ketones (excluding diaryl/α,β-unsaturated/α-hetero) is 1. The summed E-state index contributed by atoms with van der Waals surface area (Å²) >= 11 is 0. The molecule has 0 fully saturated rings. The van der Waals surface area contributed by atoms with Crippen molar-refractivity contribution in [2.75, 3.05) is 7.11 Å². The van der Waals surface area contributed by atoms with Crippen molar-refractivity contribution in [3.8, 4) is 17.2 Å². The highest BCUT2D eigenvalue weighted by Crippen LogP contribution is 2.66. The van der Waals surface area contributed by atoms with Gasteiger partial charge in [0.05, 0.1) is 7.11 Å². The van der Waals surface area contributed by atoms with Crippen LogP contribution in [0.3, 0.4) is 0 Å². The Morgan fingerprint density at radius 1 is 0.550 bits per heavy atom. The number of para-hydroxylation sites is 1. The van der Waals surface area contributed by atoms with E-state index in [1.54, 1.807) is 7.11 Å².